The summed E-state index contributed by atoms with van der Waals surface area (Å²) in [7, 11) is 0. The Morgan fingerprint density at radius 2 is 1.88 bits per heavy atom. The van der Waals surface area contributed by atoms with Crippen LogP contribution < -0.4 is 5.73 Å². The Morgan fingerprint density at radius 1 is 1.24 bits per heavy atom. The third-order valence-corrected chi connectivity index (χ3v) is 2.64. The fourth-order valence-electron chi connectivity index (χ4n) is 1.50. The number of ether oxygens (including phenoxy) is 2. The van der Waals surface area contributed by atoms with Gasteiger partial charge in [0.1, 0.15) is 6.61 Å². The van der Waals surface area contributed by atoms with E-state index in [1.165, 1.54) is 0 Å². The molecular formula is C12H26N2O3. The van der Waals surface area contributed by atoms with Gasteiger partial charge in [-0.15, -0.1) is 0 Å². The molecule has 0 bridgehead atoms. The largest absolute Gasteiger partial charge is 0.378 e. The van der Waals surface area contributed by atoms with Crippen molar-refractivity contribution in [2.24, 2.45) is 5.73 Å². The van der Waals surface area contributed by atoms with Gasteiger partial charge in [-0.25, -0.2) is 0 Å². The molecule has 17 heavy (non-hydrogen) atoms. The maximum absolute atomic E-state index is 11.8. The zero-order chi connectivity index (χ0) is 13.1. The van der Waals surface area contributed by atoms with Crippen molar-refractivity contribution in [1.82, 2.24) is 4.90 Å². The van der Waals surface area contributed by atoms with Crippen LogP contribution in [-0.4, -0.2) is 56.4 Å². The van der Waals surface area contributed by atoms with Crippen molar-refractivity contribution in [1.29, 1.82) is 0 Å². The van der Waals surface area contributed by atoms with Crippen LogP contribution in [0.3, 0.4) is 0 Å². The Labute approximate surface area is 104 Å². The molecule has 0 saturated heterocycles. The third-order valence-electron chi connectivity index (χ3n) is 2.64. The molecule has 1 amide bonds. The topological polar surface area (TPSA) is 64.8 Å². The van der Waals surface area contributed by atoms with Crippen molar-refractivity contribution in [3.8, 4) is 0 Å². The molecule has 0 heterocycles. The number of carbonyl (C=O) groups excluding carboxylic acids is 1. The van der Waals surface area contributed by atoms with E-state index in [9.17, 15) is 4.79 Å². The summed E-state index contributed by atoms with van der Waals surface area (Å²) >= 11 is 0. The first-order valence-electron chi connectivity index (χ1n) is 6.32. The van der Waals surface area contributed by atoms with Crippen molar-refractivity contribution < 1.29 is 14.3 Å². The minimum absolute atomic E-state index is 0.0423. The lowest BCUT2D eigenvalue weighted by Gasteiger charge is -2.27. The number of hydrogen-bond donors (Lipinski definition) is 1. The molecule has 0 rings (SSSR count). The molecule has 1 atom stereocenters. The van der Waals surface area contributed by atoms with Gasteiger partial charge >= 0.3 is 0 Å². The minimum Gasteiger partial charge on any atom is -0.378 e. The monoisotopic (exact) mass is 246 g/mol. The molecule has 0 radical (unpaired) electrons. The first kappa shape index (κ1) is 16.4. The molecule has 5 nitrogen and oxygen atoms in total. The summed E-state index contributed by atoms with van der Waals surface area (Å²) in [6.45, 7) is 8.92. The van der Waals surface area contributed by atoms with Gasteiger partial charge in [0.15, 0.2) is 0 Å². The SMILES string of the molecule is CCC(C)N(CC)C(=O)COCCOCCN. The molecular weight excluding hydrogens is 220 g/mol. The smallest absolute Gasteiger partial charge is 0.248 e. The van der Waals surface area contributed by atoms with Gasteiger partial charge in [-0.1, -0.05) is 6.92 Å². The second-order valence-corrected chi connectivity index (χ2v) is 3.89. The van der Waals surface area contributed by atoms with Crippen molar-refractivity contribution in [3.63, 3.8) is 0 Å². The van der Waals surface area contributed by atoms with Gasteiger partial charge in [-0.3, -0.25) is 4.79 Å². The van der Waals surface area contributed by atoms with E-state index in [0.29, 0.717) is 26.4 Å². The highest BCUT2D eigenvalue weighted by atomic mass is 16.5. The number of rotatable bonds is 10. The van der Waals surface area contributed by atoms with Crippen LogP contribution in [0.1, 0.15) is 27.2 Å². The Morgan fingerprint density at radius 3 is 2.41 bits per heavy atom. The Balaban J connectivity index is 3.68. The molecule has 0 aromatic rings. The van der Waals surface area contributed by atoms with E-state index in [1.807, 2.05) is 18.7 Å². The van der Waals surface area contributed by atoms with Crippen LogP contribution in [0.25, 0.3) is 0 Å². The molecule has 0 aliphatic rings. The van der Waals surface area contributed by atoms with Gasteiger partial charge in [-0.2, -0.15) is 0 Å². The van der Waals surface area contributed by atoms with Gasteiger partial charge in [-0.05, 0) is 20.3 Å². The molecule has 0 saturated carbocycles. The molecule has 0 spiro atoms. The zero-order valence-corrected chi connectivity index (χ0v) is 11.3. The Hall–Kier alpha value is -0.650. The second-order valence-electron chi connectivity index (χ2n) is 3.89. The number of carbonyl (C=O) groups is 1. The van der Waals surface area contributed by atoms with Gasteiger partial charge in [0.2, 0.25) is 5.91 Å². The summed E-state index contributed by atoms with van der Waals surface area (Å²) in [6.07, 6.45) is 0.958. The van der Waals surface area contributed by atoms with E-state index in [2.05, 4.69) is 6.92 Å². The molecule has 2 N–H and O–H groups in total. The Bertz CT molecular complexity index is 200. The molecule has 1 unspecified atom stereocenters. The molecule has 0 aliphatic carbocycles. The Kier molecular flexibility index (Phi) is 10.1. The summed E-state index contributed by atoms with van der Waals surface area (Å²) in [6, 6.07) is 0.268. The predicted octanol–water partition coefficient (Wildman–Crippen LogP) is 0.625. The summed E-state index contributed by atoms with van der Waals surface area (Å²) in [5.41, 5.74) is 5.27. The fraction of sp³-hybridized carbons (Fsp3) is 0.917. The maximum Gasteiger partial charge on any atom is 0.248 e. The van der Waals surface area contributed by atoms with Crippen molar-refractivity contribution in [2.75, 3.05) is 39.5 Å². The number of nitrogens with two attached hydrogens (primary N) is 1. The summed E-state index contributed by atoms with van der Waals surface area (Å²) < 4.78 is 10.4. The van der Waals surface area contributed by atoms with Crippen molar-refractivity contribution in [3.05, 3.63) is 0 Å². The quantitative estimate of drug-likeness (QED) is 0.574. The van der Waals surface area contributed by atoms with Crippen LogP contribution in [0.5, 0.6) is 0 Å². The standard InChI is InChI=1S/C12H26N2O3/c1-4-11(3)14(5-2)12(15)10-17-9-8-16-7-6-13/h11H,4-10,13H2,1-3H3. The lowest BCUT2D eigenvalue weighted by Crippen LogP contribution is -2.40. The predicted molar refractivity (Wildman–Crippen MR) is 67.8 cm³/mol. The first-order valence-corrected chi connectivity index (χ1v) is 6.32. The van der Waals surface area contributed by atoms with Gasteiger partial charge in [0.25, 0.3) is 0 Å². The molecule has 0 aromatic carbocycles. The zero-order valence-electron chi connectivity index (χ0n) is 11.3. The highest BCUT2D eigenvalue weighted by Crippen LogP contribution is 2.03. The highest BCUT2D eigenvalue weighted by molar-refractivity contribution is 5.77. The second kappa shape index (κ2) is 10.5. The van der Waals surface area contributed by atoms with Crippen LogP contribution in [0.15, 0.2) is 0 Å². The summed E-state index contributed by atoms with van der Waals surface area (Å²) in [4.78, 5) is 13.6. The lowest BCUT2D eigenvalue weighted by atomic mass is 10.2. The third kappa shape index (κ3) is 7.31. The maximum atomic E-state index is 11.8. The van der Waals surface area contributed by atoms with Crippen LogP contribution in [-0.2, 0) is 14.3 Å². The molecule has 5 heteroatoms. The lowest BCUT2D eigenvalue weighted by molar-refractivity contribution is -0.138. The summed E-state index contributed by atoms with van der Waals surface area (Å²) in [5, 5.41) is 0. The van der Waals surface area contributed by atoms with E-state index < -0.39 is 0 Å². The molecule has 0 fully saturated rings. The van der Waals surface area contributed by atoms with E-state index in [1.54, 1.807) is 0 Å². The minimum atomic E-state index is 0.0423. The van der Waals surface area contributed by atoms with Crippen molar-refractivity contribution in [2.45, 2.75) is 33.2 Å². The van der Waals surface area contributed by atoms with E-state index in [-0.39, 0.29) is 18.6 Å². The van der Waals surface area contributed by atoms with E-state index in [0.717, 1.165) is 13.0 Å². The molecule has 0 aromatic heterocycles. The number of hydrogen-bond acceptors (Lipinski definition) is 4. The average Bonchev–Trinajstić information content (AvgIpc) is 2.34. The number of amides is 1. The highest BCUT2D eigenvalue weighted by Gasteiger charge is 2.16. The number of nitrogens with zero attached hydrogens (tertiary/aromatic N) is 1. The van der Waals surface area contributed by atoms with Gasteiger partial charge in [0.05, 0.1) is 19.8 Å². The van der Waals surface area contributed by atoms with E-state index in [4.69, 9.17) is 15.2 Å². The number of likely N-dealkylation sites (N-methyl/N-ethyl adjacent to an activating group) is 1. The van der Waals surface area contributed by atoms with Crippen LogP contribution in [0.2, 0.25) is 0 Å². The van der Waals surface area contributed by atoms with Crippen molar-refractivity contribution >= 4 is 5.91 Å². The molecule has 102 valence electrons. The summed E-state index contributed by atoms with van der Waals surface area (Å²) in [5.74, 6) is 0.0423. The van der Waals surface area contributed by atoms with E-state index >= 15 is 0 Å². The van der Waals surface area contributed by atoms with Gasteiger partial charge < -0.3 is 20.1 Å². The first-order chi connectivity index (χ1) is 8.17. The molecule has 0 aliphatic heterocycles. The fourth-order valence-corrected chi connectivity index (χ4v) is 1.50. The van der Waals surface area contributed by atoms with Crippen LogP contribution in [0.4, 0.5) is 0 Å². The van der Waals surface area contributed by atoms with Gasteiger partial charge in [0, 0.05) is 19.1 Å². The normalized spacial score (nSPS) is 12.5. The van der Waals surface area contributed by atoms with Crippen LogP contribution >= 0.6 is 0 Å². The van der Waals surface area contributed by atoms with Crippen LogP contribution in [0, 0.1) is 0 Å². The average molecular weight is 246 g/mol.